The summed E-state index contributed by atoms with van der Waals surface area (Å²) in [5.41, 5.74) is 4.74. The van der Waals surface area contributed by atoms with Crippen LogP contribution in [0.5, 0.6) is 5.75 Å². The predicted molar refractivity (Wildman–Crippen MR) is 174 cm³/mol. The van der Waals surface area contributed by atoms with Gasteiger partial charge in [0.2, 0.25) is 0 Å². The number of ketones is 1. The average molecular weight is 595 g/mol. The van der Waals surface area contributed by atoms with E-state index in [1.807, 2.05) is 52.0 Å². The van der Waals surface area contributed by atoms with Crippen molar-refractivity contribution in [1.29, 1.82) is 0 Å². The van der Waals surface area contributed by atoms with Crippen molar-refractivity contribution in [3.8, 4) is 5.75 Å². The van der Waals surface area contributed by atoms with Crippen LogP contribution in [-0.2, 0) is 11.2 Å². The highest BCUT2D eigenvalue weighted by Gasteiger charge is 2.66. The van der Waals surface area contributed by atoms with Crippen LogP contribution in [0, 0.1) is 13.8 Å². The van der Waals surface area contributed by atoms with Crippen molar-refractivity contribution in [1.82, 2.24) is 5.32 Å². The van der Waals surface area contributed by atoms with Gasteiger partial charge in [-0.25, -0.2) is 0 Å². The van der Waals surface area contributed by atoms with Crippen LogP contribution in [0.3, 0.4) is 0 Å². The van der Waals surface area contributed by atoms with Crippen molar-refractivity contribution in [3.05, 3.63) is 64.7 Å². The van der Waals surface area contributed by atoms with Crippen LogP contribution in [-0.4, -0.2) is 55.9 Å². The van der Waals surface area contributed by atoms with Crippen molar-refractivity contribution in [3.63, 3.8) is 0 Å². The molecule has 0 radical (unpaired) electrons. The zero-order valence-corrected chi connectivity index (χ0v) is 27.9. The van der Waals surface area contributed by atoms with E-state index >= 15 is 0 Å². The number of aryl methyl sites for hydroxylation is 3. The van der Waals surface area contributed by atoms with Crippen LogP contribution in [0.2, 0.25) is 0 Å². The van der Waals surface area contributed by atoms with Crippen LogP contribution in [0.4, 0.5) is 8.78 Å². The van der Waals surface area contributed by atoms with Crippen LogP contribution < -0.4 is 10.1 Å². The largest absolute Gasteiger partial charge is 0.435 e. The molecule has 2 aliphatic rings. The number of carbonyl (C=O) groups excluding carboxylic acids is 2. The summed E-state index contributed by atoms with van der Waals surface area (Å²) in [7, 11) is 1.93. The molecule has 2 aromatic rings. The first-order chi connectivity index (χ1) is 19.3. The predicted octanol–water partition coefficient (Wildman–Crippen LogP) is 9.16. The maximum atomic E-state index is 11.8. The Morgan fingerprint density at radius 2 is 1.59 bits per heavy atom. The van der Waals surface area contributed by atoms with Crippen LogP contribution in [0.1, 0.15) is 94.3 Å². The Bertz CT molecular complexity index is 1010. The van der Waals surface area contributed by atoms with E-state index in [9.17, 15) is 18.4 Å². The number of ether oxygens (including phenoxy) is 1. The second-order valence-electron chi connectivity index (χ2n) is 11.2. The van der Waals surface area contributed by atoms with E-state index in [0.29, 0.717) is 12.0 Å². The monoisotopic (exact) mass is 594 g/mol. The van der Waals surface area contributed by atoms with Crippen molar-refractivity contribution in [2.75, 3.05) is 31.7 Å². The third-order valence-corrected chi connectivity index (χ3v) is 11.6. The van der Waals surface area contributed by atoms with Gasteiger partial charge >= 0.3 is 6.61 Å². The average Bonchev–Trinajstić information content (AvgIpc) is 3.71. The van der Waals surface area contributed by atoms with E-state index in [0.717, 1.165) is 30.3 Å². The molecule has 41 heavy (non-hydrogen) atoms. The lowest BCUT2D eigenvalue weighted by molar-refractivity contribution is -0.116. The number of benzene rings is 2. The third kappa shape index (κ3) is 17.4. The molecule has 4 rings (SSSR count). The molecule has 2 fully saturated rings. The molecule has 2 heterocycles. The molecule has 7 heteroatoms. The Morgan fingerprint density at radius 1 is 1.00 bits per heavy atom. The Balaban J connectivity index is 0.000000517. The highest BCUT2D eigenvalue weighted by molar-refractivity contribution is 7.84. The number of halogens is 2. The van der Waals surface area contributed by atoms with Gasteiger partial charge in [0.1, 0.15) is 17.8 Å². The summed E-state index contributed by atoms with van der Waals surface area (Å²) in [6.45, 7) is 13.5. The van der Waals surface area contributed by atoms with E-state index in [1.54, 1.807) is 31.4 Å². The van der Waals surface area contributed by atoms with Gasteiger partial charge in [-0.2, -0.15) is 8.78 Å². The first kappa shape index (κ1) is 38.8. The number of carbonyl (C=O) groups is 2. The molecule has 1 N–H and O–H groups in total. The van der Waals surface area contributed by atoms with Crippen molar-refractivity contribution in [2.45, 2.75) is 99.6 Å². The van der Waals surface area contributed by atoms with E-state index in [-0.39, 0.29) is 18.8 Å². The smallest absolute Gasteiger partial charge is 0.387 e. The van der Waals surface area contributed by atoms with Crippen LogP contribution in [0.25, 0.3) is 0 Å². The van der Waals surface area contributed by atoms with Crippen molar-refractivity contribution >= 4 is 19.3 Å². The molecular weight excluding hydrogens is 539 g/mol. The van der Waals surface area contributed by atoms with Crippen LogP contribution in [0.15, 0.2) is 42.5 Å². The SMILES string of the molecule is CCC(C)=O.CCCC.CCCc1cccc(OC(F)F)c1.CNC1(C)C[P+]2(CC2)C1.Cc1ccc(C=O)cc1C. The lowest BCUT2D eigenvalue weighted by Gasteiger charge is -2.39. The molecule has 0 aliphatic carbocycles. The summed E-state index contributed by atoms with van der Waals surface area (Å²) in [6.07, 6.45) is 12.4. The van der Waals surface area contributed by atoms with E-state index in [2.05, 4.69) is 37.9 Å². The number of hydrogen-bond acceptors (Lipinski definition) is 4. The summed E-state index contributed by atoms with van der Waals surface area (Å²) >= 11 is 0. The summed E-state index contributed by atoms with van der Waals surface area (Å²) in [5.74, 6) is 0.492. The van der Waals surface area contributed by atoms with Gasteiger partial charge in [-0.3, -0.25) is 4.79 Å². The molecule has 2 saturated heterocycles. The van der Waals surface area contributed by atoms with Gasteiger partial charge in [0.25, 0.3) is 0 Å². The minimum atomic E-state index is -2.74. The zero-order valence-electron chi connectivity index (χ0n) is 27.0. The number of rotatable bonds is 8. The number of Topliss-reactive ketones (excluding diaryl/α,β-unsaturated/α-hetero) is 1. The molecule has 0 saturated carbocycles. The van der Waals surface area contributed by atoms with Gasteiger partial charge in [0, 0.05) is 19.2 Å². The molecular formula is C34H55F2NO3P+. The molecule has 0 unspecified atom stereocenters. The summed E-state index contributed by atoms with van der Waals surface area (Å²) in [5, 5.41) is 3.40. The molecule has 2 aromatic carbocycles. The summed E-state index contributed by atoms with van der Waals surface area (Å²) < 4.78 is 27.9. The maximum Gasteiger partial charge on any atom is 0.387 e. The third-order valence-electron chi connectivity index (χ3n) is 7.16. The minimum absolute atomic E-state index is 0.167. The second kappa shape index (κ2) is 20.7. The normalized spacial score (nSPS) is 14.7. The van der Waals surface area contributed by atoms with E-state index in [1.165, 1.54) is 42.4 Å². The molecule has 0 amide bonds. The lowest BCUT2D eigenvalue weighted by Crippen LogP contribution is -2.53. The van der Waals surface area contributed by atoms with Gasteiger partial charge < -0.3 is 14.8 Å². The molecule has 0 aromatic heterocycles. The molecule has 2 aliphatic heterocycles. The van der Waals surface area contributed by atoms with E-state index < -0.39 is 6.61 Å². The molecule has 4 nitrogen and oxygen atoms in total. The fraction of sp³-hybridized carbons (Fsp3) is 0.588. The molecule has 1 spiro atoms. The van der Waals surface area contributed by atoms with Crippen molar-refractivity contribution in [2.24, 2.45) is 0 Å². The first-order valence-corrected chi connectivity index (χ1v) is 17.5. The van der Waals surface area contributed by atoms with Gasteiger partial charge in [0.15, 0.2) is 0 Å². The zero-order chi connectivity index (χ0) is 31.5. The number of aldehydes is 1. The first-order valence-electron chi connectivity index (χ1n) is 14.9. The molecule has 232 valence electrons. The Kier molecular flexibility index (Phi) is 19.6. The number of alkyl halides is 2. The Morgan fingerprint density at radius 3 is 1.98 bits per heavy atom. The standard InChI is InChI=1S/C10H12F2O.C9H10O.C7H15NP.C4H8O.C4H10/c1-2-4-8-5-3-6-9(7-8)13-10(11)12;1-7-3-4-9(6-10)5-8(7)2;1-7(8-2)5-9(6-7)3-4-9;1-3-4(2)5;1-3-4-2/h3,5-7,10H,2,4H2,1H3;3-6H,1-2H3;8H,3-6H2,1-2H3;3H2,1-2H3;3-4H2,1-2H3/q;;+1;;. The highest BCUT2D eigenvalue weighted by atomic mass is 31.2. The summed E-state index contributed by atoms with van der Waals surface area (Å²) in [6, 6.07) is 12.5. The quantitative estimate of drug-likeness (QED) is 0.245. The van der Waals surface area contributed by atoms with Gasteiger partial charge in [0.05, 0.1) is 30.2 Å². The maximum absolute atomic E-state index is 11.8. The van der Waals surface area contributed by atoms with Crippen molar-refractivity contribution < 1.29 is 23.1 Å². The van der Waals surface area contributed by atoms with Crippen LogP contribution >= 0.6 is 7.26 Å². The Hall–Kier alpha value is -2.17. The minimum Gasteiger partial charge on any atom is -0.435 e. The lowest BCUT2D eigenvalue weighted by atomic mass is 10.1. The topological polar surface area (TPSA) is 55.4 Å². The number of hydrogen-bond donors (Lipinski definition) is 1. The molecule has 0 bridgehead atoms. The molecule has 0 atom stereocenters. The van der Waals surface area contributed by atoms with E-state index in [4.69, 9.17) is 0 Å². The Labute approximate surface area is 249 Å². The fourth-order valence-corrected chi connectivity index (χ4v) is 9.00. The number of unbranched alkanes of at least 4 members (excludes halogenated alkanes) is 1. The van der Waals surface area contributed by atoms with Gasteiger partial charge in [-0.1, -0.05) is 71.2 Å². The summed E-state index contributed by atoms with van der Waals surface area (Å²) in [4.78, 5) is 20.1. The number of nitrogens with one attached hydrogen (secondary N) is 1. The second-order valence-corrected chi connectivity index (χ2v) is 15.4. The fourth-order valence-electron chi connectivity index (χ4n) is 4.05. The highest BCUT2D eigenvalue weighted by Crippen LogP contribution is 2.80. The van der Waals surface area contributed by atoms with Gasteiger partial charge in [-0.15, -0.1) is 0 Å². The van der Waals surface area contributed by atoms with Gasteiger partial charge in [-0.05, 0) is 76.1 Å².